The van der Waals surface area contributed by atoms with E-state index in [4.69, 9.17) is 5.26 Å². The summed E-state index contributed by atoms with van der Waals surface area (Å²) in [5.41, 5.74) is 2.02. The van der Waals surface area contributed by atoms with Crippen LogP contribution in [0.3, 0.4) is 0 Å². The molecule has 0 heterocycles. The first-order valence-corrected chi connectivity index (χ1v) is 5.13. The molecule has 0 aliphatic heterocycles. The summed E-state index contributed by atoms with van der Waals surface area (Å²) in [5, 5.41) is 21.2. The Bertz CT molecular complexity index is 397. The van der Waals surface area contributed by atoms with Gasteiger partial charge in [0.05, 0.1) is 24.8 Å². The molecule has 2 rings (SSSR count). The molecule has 0 aromatic heterocycles. The first kappa shape index (κ1) is 10.2. The van der Waals surface area contributed by atoms with Gasteiger partial charge in [0, 0.05) is 0 Å². The normalized spacial score (nSPS) is 23.5. The predicted molar refractivity (Wildman–Crippen MR) is 57.1 cm³/mol. The van der Waals surface area contributed by atoms with E-state index in [2.05, 4.69) is 17.5 Å². The molecular weight excluding hydrogens is 188 g/mol. The van der Waals surface area contributed by atoms with Crippen LogP contribution in [0.2, 0.25) is 0 Å². The van der Waals surface area contributed by atoms with E-state index in [9.17, 15) is 5.11 Å². The molecule has 1 aromatic rings. The second-order valence-corrected chi connectivity index (χ2v) is 3.91. The van der Waals surface area contributed by atoms with E-state index in [0.717, 1.165) is 18.4 Å². The lowest BCUT2D eigenvalue weighted by atomic mass is 9.93. The maximum Gasteiger partial charge on any atom is 0.0848 e. The molecule has 0 saturated heterocycles. The van der Waals surface area contributed by atoms with Crippen LogP contribution < -0.4 is 5.32 Å². The fourth-order valence-corrected chi connectivity index (χ4v) is 2.30. The van der Waals surface area contributed by atoms with Crippen molar-refractivity contribution in [3.8, 4) is 6.07 Å². The summed E-state index contributed by atoms with van der Waals surface area (Å²) < 4.78 is 0. The highest BCUT2D eigenvalue weighted by atomic mass is 16.3. The van der Waals surface area contributed by atoms with Crippen LogP contribution in [-0.2, 0) is 12.0 Å². The minimum absolute atomic E-state index is 0.0473. The van der Waals surface area contributed by atoms with Crippen molar-refractivity contribution in [2.45, 2.75) is 18.4 Å². The van der Waals surface area contributed by atoms with Gasteiger partial charge in [0.1, 0.15) is 0 Å². The van der Waals surface area contributed by atoms with E-state index in [-0.39, 0.29) is 13.2 Å². The molecule has 1 aromatic carbocycles. The molecular formula is C12H14N2O. The van der Waals surface area contributed by atoms with E-state index >= 15 is 0 Å². The van der Waals surface area contributed by atoms with Crippen molar-refractivity contribution in [2.24, 2.45) is 0 Å². The summed E-state index contributed by atoms with van der Waals surface area (Å²) in [5.74, 6) is 0. The Balaban J connectivity index is 2.33. The summed E-state index contributed by atoms with van der Waals surface area (Å²) >= 11 is 0. The summed E-state index contributed by atoms with van der Waals surface area (Å²) in [6.45, 7) is 0.320. The highest BCUT2D eigenvalue weighted by Crippen LogP contribution is 2.36. The summed E-state index contributed by atoms with van der Waals surface area (Å²) in [4.78, 5) is 0. The molecule has 15 heavy (non-hydrogen) atoms. The van der Waals surface area contributed by atoms with Gasteiger partial charge in [0.25, 0.3) is 0 Å². The molecule has 0 amide bonds. The van der Waals surface area contributed by atoms with Crippen molar-refractivity contribution in [1.82, 2.24) is 5.32 Å². The van der Waals surface area contributed by atoms with Crippen LogP contribution in [-0.4, -0.2) is 18.3 Å². The summed E-state index contributed by atoms with van der Waals surface area (Å²) in [6.07, 6.45) is 1.83. The van der Waals surface area contributed by atoms with Gasteiger partial charge in [-0.2, -0.15) is 5.26 Å². The highest BCUT2D eigenvalue weighted by Gasteiger charge is 2.37. The van der Waals surface area contributed by atoms with Crippen LogP contribution in [0.4, 0.5) is 0 Å². The maximum atomic E-state index is 9.52. The van der Waals surface area contributed by atoms with Gasteiger partial charge in [-0.3, -0.25) is 5.32 Å². The summed E-state index contributed by atoms with van der Waals surface area (Å²) in [6, 6.07) is 10.2. The Hall–Kier alpha value is -1.37. The second-order valence-electron chi connectivity index (χ2n) is 3.91. The van der Waals surface area contributed by atoms with Gasteiger partial charge < -0.3 is 5.11 Å². The predicted octanol–water partition coefficient (Wildman–Crippen LogP) is 0.934. The van der Waals surface area contributed by atoms with E-state index in [1.165, 1.54) is 5.56 Å². The molecule has 3 heteroatoms. The van der Waals surface area contributed by atoms with Crippen molar-refractivity contribution < 1.29 is 5.11 Å². The molecule has 0 fully saturated rings. The van der Waals surface area contributed by atoms with Gasteiger partial charge in [-0.25, -0.2) is 0 Å². The molecule has 0 saturated carbocycles. The molecule has 1 aliphatic carbocycles. The van der Waals surface area contributed by atoms with Crippen molar-refractivity contribution in [3.63, 3.8) is 0 Å². The van der Waals surface area contributed by atoms with Crippen molar-refractivity contribution in [3.05, 3.63) is 35.4 Å². The average molecular weight is 202 g/mol. The van der Waals surface area contributed by atoms with Gasteiger partial charge in [-0.05, 0) is 24.0 Å². The third-order valence-corrected chi connectivity index (χ3v) is 3.13. The Morgan fingerprint density at radius 3 is 3.00 bits per heavy atom. The molecule has 1 unspecified atom stereocenters. The lowest BCUT2D eigenvalue weighted by Crippen LogP contribution is -2.44. The van der Waals surface area contributed by atoms with Crippen molar-refractivity contribution >= 4 is 0 Å². The van der Waals surface area contributed by atoms with Crippen molar-refractivity contribution in [2.75, 3.05) is 13.2 Å². The number of nitrogens with zero attached hydrogens (tertiary/aromatic N) is 1. The molecule has 1 aliphatic rings. The Kier molecular flexibility index (Phi) is 2.72. The third kappa shape index (κ3) is 1.63. The van der Waals surface area contributed by atoms with Crippen LogP contribution in [0.1, 0.15) is 17.5 Å². The molecule has 3 nitrogen and oxygen atoms in total. The molecule has 0 radical (unpaired) electrons. The lowest BCUT2D eigenvalue weighted by molar-refractivity contribution is 0.165. The zero-order valence-corrected chi connectivity index (χ0v) is 8.53. The number of hydrogen-bond donors (Lipinski definition) is 2. The quantitative estimate of drug-likeness (QED) is 0.717. The Labute approximate surface area is 89.4 Å². The second kappa shape index (κ2) is 4.01. The fourth-order valence-electron chi connectivity index (χ4n) is 2.30. The summed E-state index contributed by atoms with van der Waals surface area (Å²) in [7, 11) is 0. The Morgan fingerprint density at radius 2 is 2.27 bits per heavy atom. The van der Waals surface area contributed by atoms with Gasteiger partial charge in [0.15, 0.2) is 0 Å². The van der Waals surface area contributed by atoms with E-state index < -0.39 is 5.54 Å². The average Bonchev–Trinajstić information content (AvgIpc) is 2.66. The number of aliphatic hydroxyl groups is 1. The number of benzene rings is 1. The molecule has 0 spiro atoms. The third-order valence-electron chi connectivity index (χ3n) is 3.13. The van der Waals surface area contributed by atoms with Crippen LogP contribution >= 0.6 is 0 Å². The number of fused-ring (bicyclic) bond motifs is 1. The van der Waals surface area contributed by atoms with Gasteiger partial charge >= 0.3 is 0 Å². The lowest BCUT2D eigenvalue weighted by Gasteiger charge is -2.28. The largest absolute Gasteiger partial charge is 0.394 e. The van der Waals surface area contributed by atoms with E-state index in [1.54, 1.807) is 0 Å². The maximum absolute atomic E-state index is 9.52. The first-order valence-electron chi connectivity index (χ1n) is 5.13. The van der Waals surface area contributed by atoms with Crippen LogP contribution in [0.15, 0.2) is 24.3 Å². The number of hydrogen-bond acceptors (Lipinski definition) is 3. The number of rotatable bonds is 3. The van der Waals surface area contributed by atoms with Gasteiger partial charge in [0.2, 0.25) is 0 Å². The minimum Gasteiger partial charge on any atom is -0.394 e. The minimum atomic E-state index is -0.397. The zero-order valence-electron chi connectivity index (χ0n) is 8.53. The topological polar surface area (TPSA) is 56.0 Å². The van der Waals surface area contributed by atoms with Crippen LogP contribution in [0, 0.1) is 11.3 Å². The first-order chi connectivity index (χ1) is 7.32. The fraction of sp³-hybridized carbons (Fsp3) is 0.417. The molecule has 2 N–H and O–H groups in total. The molecule has 0 bridgehead atoms. The van der Waals surface area contributed by atoms with Crippen LogP contribution in [0.5, 0.6) is 0 Å². The van der Waals surface area contributed by atoms with Crippen molar-refractivity contribution in [1.29, 1.82) is 5.26 Å². The number of nitrogens with one attached hydrogen (secondary N) is 1. The number of aliphatic hydroxyl groups excluding tert-OH is 1. The SMILES string of the molecule is N#CCNC1(CO)CCc2ccccc21. The molecule has 1 atom stereocenters. The standard InChI is InChI=1S/C12H14N2O/c13-7-8-14-12(9-15)6-5-10-3-1-2-4-11(10)12/h1-4,14-15H,5-6,8-9H2. The highest BCUT2D eigenvalue weighted by molar-refractivity contribution is 5.39. The zero-order chi connectivity index (χ0) is 10.7. The van der Waals surface area contributed by atoms with E-state index in [1.807, 2.05) is 18.2 Å². The van der Waals surface area contributed by atoms with Crippen LogP contribution in [0.25, 0.3) is 0 Å². The van der Waals surface area contributed by atoms with Gasteiger partial charge in [-0.15, -0.1) is 0 Å². The number of aryl methyl sites for hydroxylation is 1. The Morgan fingerprint density at radius 1 is 1.47 bits per heavy atom. The monoisotopic (exact) mass is 202 g/mol. The smallest absolute Gasteiger partial charge is 0.0848 e. The van der Waals surface area contributed by atoms with E-state index in [0.29, 0.717) is 0 Å². The van der Waals surface area contributed by atoms with Gasteiger partial charge in [-0.1, -0.05) is 24.3 Å². The number of nitriles is 1. The molecule has 78 valence electrons.